The van der Waals surface area contributed by atoms with Gasteiger partial charge < -0.3 is 10.6 Å². The summed E-state index contributed by atoms with van der Waals surface area (Å²) in [6.07, 6.45) is 0. The Labute approximate surface area is 137 Å². The maximum atomic E-state index is 12.2. The topological polar surface area (TPSA) is 71.1 Å². The van der Waals surface area contributed by atoms with Crippen molar-refractivity contribution >= 4 is 34.5 Å². The first-order chi connectivity index (χ1) is 10.5. The molecule has 0 bridgehead atoms. The summed E-state index contributed by atoms with van der Waals surface area (Å²) in [6, 6.07) is 1.99. The van der Waals surface area contributed by atoms with Crippen molar-refractivity contribution in [3.63, 3.8) is 0 Å². The number of amides is 2. The van der Waals surface area contributed by atoms with Crippen LogP contribution in [0.25, 0.3) is 10.6 Å². The van der Waals surface area contributed by atoms with Gasteiger partial charge in [-0.3, -0.25) is 9.59 Å². The summed E-state index contributed by atoms with van der Waals surface area (Å²) >= 11 is 3.00. The van der Waals surface area contributed by atoms with Crippen LogP contribution in [-0.2, 0) is 4.79 Å². The predicted octanol–water partition coefficient (Wildman–Crippen LogP) is 2.68. The SMILES string of the molecule is Cc1nc(-c2ccsc2)sc1C(=O)NCCNC(=O)C(C)C. The second kappa shape index (κ2) is 7.51. The Morgan fingerprint density at radius 2 is 2.00 bits per heavy atom. The average molecular weight is 337 g/mol. The molecule has 0 saturated heterocycles. The number of rotatable bonds is 6. The maximum Gasteiger partial charge on any atom is 0.263 e. The number of nitrogens with one attached hydrogen (secondary N) is 2. The first-order valence-electron chi connectivity index (χ1n) is 7.05. The molecule has 0 aliphatic rings. The van der Waals surface area contributed by atoms with Crippen molar-refractivity contribution in [2.45, 2.75) is 20.8 Å². The quantitative estimate of drug-likeness (QED) is 0.796. The number of carbonyl (C=O) groups is 2. The molecule has 0 atom stereocenters. The molecule has 0 saturated carbocycles. The van der Waals surface area contributed by atoms with Crippen molar-refractivity contribution in [2.75, 3.05) is 13.1 Å². The Bertz CT molecular complexity index is 648. The van der Waals surface area contributed by atoms with Gasteiger partial charge in [0.05, 0.1) is 5.69 Å². The molecule has 0 radical (unpaired) electrons. The van der Waals surface area contributed by atoms with Gasteiger partial charge in [0.1, 0.15) is 9.88 Å². The molecule has 7 heteroatoms. The largest absolute Gasteiger partial charge is 0.354 e. The molecule has 2 amide bonds. The normalized spacial score (nSPS) is 10.7. The van der Waals surface area contributed by atoms with Gasteiger partial charge in [0.25, 0.3) is 5.91 Å². The predicted molar refractivity (Wildman–Crippen MR) is 90.3 cm³/mol. The van der Waals surface area contributed by atoms with Gasteiger partial charge in [0.15, 0.2) is 0 Å². The van der Waals surface area contributed by atoms with E-state index in [0.29, 0.717) is 18.0 Å². The molecule has 0 aromatic carbocycles. The van der Waals surface area contributed by atoms with E-state index in [9.17, 15) is 9.59 Å². The number of thiophene rings is 1. The molecule has 0 unspecified atom stereocenters. The summed E-state index contributed by atoms with van der Waals surface area (Å²) in [5.74, 6) is -0.203. The molecule has 0 spiro atoms. The summed E-state index contributed by atoms with van der Waals surface area (Å²) in [5.41, 5.74) is 1.77. The number of nitrogens with zero attached hydrogens (tertiary/aromatic N) is 1. The monoisotopic (exact) mass is 337 g/mol. The Hall–Kier alpha value is -1.73. The van der Waals surface area contributed by atoms with Gasteiger partial charge in [0.2, 0.25) is 5.91 Å². The van der Waals surface area contributed by atoms with Crippen LogP contribution in [0.1, 0.15) is 29.2 Å². The molecule has 118 valence electrons. The van der Waals surface area contributed by atoms with Crippen molar-refractivity contribution in [1.82, 2.24) is 15.6 Å². The van der Waals surface area contributed by atoms with Crippen LogP contribution in [0.3, 0.4) is 0 Å². The smallest absolute Gasteiger partial charge is 0.263 e. The molecular formula is C15H19N3O2S2. The van der Waals surface area contributed by atoms with Gasteiger partial charge in [-0.2, -0.15) is 11.3 Å². The highest BCUT2D eigenvalue weighted by Gasteiger charge is 2.16. The van der Waals surface area contributed by atoms with Crippen LogP contribution in [0.15, 0.2) is 16.8 Å². The first kappa shape index (κ1) is 16.6. The maximum absolute atomic E-state index is 12.2. The minimum absolute atomic E-state index is 0.0111. The molecule has 22 heavy (non-hydrogen) atoms. The Kier molecular flexibility index (Phi) is 5.68. The molecule has 2 heterocycles. The molecular weight excluding hydrogens is 318 g/mol. The number of thiazole rings is 1. The summed E-state index contributed by atoms with van der Waals surface area (Å²) in [4.78, 5) is 28.7. The van der Waals surface area contributed by atoms with Crippen molar-refractivity contribution in [2.24, 2.45) is 5.92 Å². The van der Waals surface area contributed by atoms with Crippen LogP contribution in [0.4, 0.5) is 0 Å². The molecule has 2 N–H and O–H groups in total. The number of hydrogen-bond acceptors (Lipinski definition) is 5. The van der Waals surface area contributed by atoms with Crippen LogP contribution in [0, 0.1) is 12.8 Å². The van der Waals surface area contributed by atoms with E-state index >= 15 is 0 Å². The molecule has 2 rings (SSSR count). The Morgan fingerprint density at radius 1 is 1.27 bits per heavy atom. The lowest BCUT2D eigenvalue weighted by Gasteiger charge is -2.08. The molecule has 2 aromatic rings. The third-order valence-electron chi connectivity index (χ3n) is 3.01. The molecule has 2 aromatic heterocycles. The highest BCUT2D eigenvalue weighted by molar-refractivity contribution is 7.17. The number of carbonyl (C=O) groups excluding carboxylic acids is 2. The van der Waals surface area contributed by atoms with Crippen molar-refractivity contribution < 1.29 is 9.59 Å². The Morgan fingerprint density at radius 3 is 2.64 bits per heavy atom. The van der Waals surface area contributed by atoms with E-state index in [-0.39, 0.29) is 17.7 Å². The van der Waals surface area contributed by atoms with E-state index in [2.05, 4.69) is 15.6 Å². The lowest BCUT2D eigenvalue weighted by Crippen LogP contribution is -2.36. The van der Waals surface area contributed by atoms with E-state index in [4.69, 9.17) is 0 Å². The number of hydrogen-bond donors (Lipinski definition) is 2. The fourth-order valence-electron chi connectivity index (χ4n) is 1.76. The fourth-order valence-corrected chi connectivity index (χ4v) is 3.46. The minimum Gasteiger partial charge on any atom is -0.354 e. The second-order valence-electron chi connectivity index (χ2n) is 5.15. The van der Waals surface area contributed by atoms with Crippen LogP contribution in [-0.4, -0.2) is 29.9 Å². The standard InChI is InChI=1S/C15H19N3O2S2/c1-9(2)13(19)16-5-6-17-14(20)12-10(3)18-15(22-12)11-4-7-21-8-11/h4,7-9H,5-6H2,1-3H3,(H,16,19)(H,17,20). The molecule has 5 nitrogen and oxygen atoms in total. The lowest BCUT2D eigenvalue weighted by atomic mass is 10.2. The third kappa shape index (κ3) is 4.14. The van der Waals surface area contributed by atoms with Gasteiger partial charge in [-0.15, -0.1) is 11.3 Å². The van der Waals surface area contributed by atoms with Gasteiger partial charge >= 0.3 is 0 Å². The number of aryl methyl sites for hydroxylation is 1. The van der Waals surface area contributed by atoms with Gasteiger partial charge in [-0.25, -0.2) is 4.98 Å². The van der Waals surface area contributed by atoms with Crippen molar-refractivity contribution in [1.29, 1.82) is 0 Å². The highest BCUT2D eigenvalue weighted by atomic mass is 32.1. The van der Waals surface area contributed by atoms with Crippen LogP contribution in [0.2, 0.25) is 0 Å². The van der Waals surface area contributed by atoms with Crippen LogP contribution < -0.4 is 10.6 Å². The minimum atomic E-state index is -0.143. The van der Waals surface area contributed by atoms with Crippen LogP contribution in [0.5, 0.6) is 0 Å². The van der Waals surface area contributed by atoms with E-state index in [1.54, 1.807) is 11.3 Å². The highest BCUT2D eigenvalue weighted by Crippen LogP contribution is 2.29. The second-order valence-corrected chi connectivity index (χ2v) is 6.93. The fraction of sp³-hybridized carbons (Fsp3) is 0.400. The van der Waals surface area contributed by atoms with Crippen molar-refractivity contribution in [3.8, 4) is 10.6 Å². The Balaban J connectivity index is 1.89. The molecule has 0 aliphatic carbocycles. The van der Waals surface area contributed by atoms with E-state index in [0.717, 1.165) is 16.3 Å². The lowest BCUT2D eigenvalue weighted by molar-refractivity contribution is -0.123. The number of aromatic nitrogens is 1. The van der Waals surface area contributed by atoms with Crippen LogP contribution >= 0.6 is 22.7 Å². The van der Waals surface area contributed by atoms with Gasteiger partial charge in [-0.05, 0) is 18.4 Å². The molecule has 0 aliphatic heterocycles. The zero-order chi connectivity index (χ0) is 16.1. The van der Waals surface area contributed by atoms with E-state index in [1.165, 1.54) is 11.3 Å². The zero-order valence-corrected chi connectivity index (χ0v) is 14.4. The zero-order valence-electron chi connectivity index (χ0n) is 12.8. The van der Waals surface area contributed by atoms with Crippen molar-refractivity contribution in [3.05, 3.63) is 27.4 Å². The van der Waals surface area contributed by atoms with Gasteiger partial charge in [0, 0.05) is 30.0 Å². The summed E-state index contributed by atoms with van der Waals surface area (Å²) < 4.78 is 0. The van der Waals surface area contributed by atoms with E-state index < -0.39 is 0 Å². The average Bonchev–Trinajstić information content (AvgIpc) is 3.11. The van der Waals surface area contributed by atoms with E-state index in [1.807, 2.05) is 37.6 Å². The molecule has 0 fully saturated rings. The summed E-state index contributed by atoms with van der Waals surface area (Å²) in [6.45, 7) is 6.34. The van der Waals surface area contributed by atoms with Gasteiger partial charge in [-0.1, -0.05) is 13.8 Å². The first-order valence-corrected chi connectivity index (χ1v) is 8.81. The summed E-state index contributed by atoms with van der Waals surface area (Å²) in [7, 11) is 0. The third-order valence-corrected chi connectivity index (χ3v) is 4.89. The summed E-state index contributed by atoms with van der Waals surface area (Å²) in [5, 5.41) is 10.4.